The summed E-state index contributed by atoms with van der Waals surface area (Å²) in [5.41, 5.74) is 23.7. The van der Waals surface area contributed by atoms with Crippen molar-refractivity contribution in [2.24, 2.45) is 0 Å². The predicted octanol–water partition coefficient (Wildman–Crippen LogP) is 18.5. The third kappa shape index (κ3) is 7.55. The summed E-state index contributed by atoms with van der Waals surface area (Å²) in [5, 5.41) is 0. The molecular formula is C68H49N. The summed E-state index contributed by atoms with van der Waals surface area (Å²) < 4.78 is 0. The second-order valence-corrected chi connectivity index (χ2v) is 18.2. The highest BCUT2D eigenvalue weighted by Gasteiger charge is 2.41. The van der Waals surface area contributed by atoms with Crippen molar-refractivity contribution >= 4 is 17.1 Å². The van der Waals surface area contributed by atoms with E-state index in [1.165, 1.54) is 83.5 Å². The van der Waals surface area contributed by atoms with E-state index in [2.05, 4.69) is 291 Å². The molecule has 0 heterocycles. The van der Waals surface area contributed by atoms with Crippen LogP contribution in [0, 0.1) is 0 Å². The van der Waals surface area contributed by atoms with Crippen molar-refractivity contribution in [3.8, 4) is 77.9 Å². The molecule has 0 spiro atoms. The minimum atomic E-state index is -0.298. The van der Waals surface area contributed by atoms with Gasteiger partial charge in [-0.05, 0) is 144 Å². The van der Waals surface area contributed by atoms with E-state index in [0.29, 0.717) is 0 Å². The molecule has 1 unspecified atom stereocenters. The molecule has 0 fully saturated rings. The highest BCUT2D eigenvalue weighted by molar-refractivity contribution is 5.98. The van der Waals surface area contributed by atoms with Crippen molar-refractivity contribution in [1.82, 2.24) is 0 Å². The van der Waals surface area contributed by atoms with Gasteiger partial charge in [0, 0.05) is 22.4 Å². The Morgan fingerprint density at radius 1 is 0.246 bits per heavy atom. The molecule has 326 valence electrons. The molecule has 1 heteroatoms. The van der Waals surface area contributed by atoms with E-state index in [9.17, 15) is 0 Å². The van der Waals surface area contributed by atoms with Crippen LogP contribution in [0.25, 0.3) is 77.9 Å². The van der Waals surface area contributed by atoms with Crippen molar-refractivity contribution < 1.29 is 0 Å². The fourth-order valence-electron chi connectivity index (χ4n) is 10.8. The van der Waals surface area contributed by atoms with E-state index in [1.54, 1.807) is 0 Å². The lowest BCUT2D eigenvalue weighted by molar-refractivity contribution is 0.714. The van der Waals surface area contributed by atoms with E-state index in [1.807, 2.05) is 0 Å². The molecule has 1 aliphatic carbocycles. The molecule has 0 aliphatic heterocycles. The molecule has 11 aromatic carbocycles. The van der Waals surface area contributed by atoms with Crippen LogP contribution in [0.4, 0.5) is 17.1 Å². The molecule has 69 heavy (non-hydrogen) atoms. The first-order chi connectivity index (χ1) is 34.1. The minimum absolute atomic E-state index is 0.298. The Kier molecular flexibility index (Phi) is 10.7. The van der Waals surface area contributed by atoms with Gasteiger partial charge >= 0.3 is 0 Å². The fraction of sp³-hybridized carbons (Fsp3) is 0.0294. The molecule has 0 saturated heterocycles. The summed E-state index contributed by atoms with van der Waals surface area (Å²) in [6.07, 6.45) is 0. The lowest BCUT2D eigenvalue weighted by Gasteiger charge is -2.31. The first-order valence-corrected chi connectivity index (χ1v) is 23.9. The molecule has 0 bridgehead atoms. The number of anilines is 3. The SMILES string of the molecule is CC1(c2ccccc2)c2ccccc2-c2cc(N(c3ccc(-c4cc(-c5ccccc5)cc(-c5ccccc5)c4)cc3)c3ccccc3-c3ccccc3-c3ccccc3-c3ccccc3)ccc21. The van der Waals surface area contributed by atoms with E-state index in [4.69, 9.17) is 0 Å². The van der Waals surface area contributed by atoms with Crippen molar-refractivity contribution in [1.29, 1.82) is 0 Å². The lowest BCUT2D eigenvalue weighted by Crippen LogP contribution is -2.22. The Balaban J connectivity index is 1.04. The summed E-state index contributed by atoms with van der Waals surface area (Å²) in [7, 11) is 0. The molecule has 0 amide bonds. The Morgan fingerprint density at radius 3 is 1.22 bits per heavy atom. The van der Waals surface area contributed by atoms with Crippen molar-refractivity contribution in [2.45, 2.75) is 12.3 Å². The van der Waals surface area contributed by atoms with E-state index in [0.717, 1.165) is 28.2 Å². The zero-order valence-electron chi connectivity index (χ0n) is 38.5. The van der Waals surface area contributed by atoms with Crippen LogP contribution in [0.3, 0.4) is 0 Å². The fourth-order valence-corrected chi connectivity index (χ4v) is 10.8. The summed E-state index contributed by atoms with van der Waals surface area (Å²) in [5.74, 6) is 0. The summed E-state index contributed by atoms with van der Waals surface area (Å²) in [6, 6.07) is 102. The normalized spacial score (nSPS) is 13.6. The first-order valence-electron chi connectivity index (χ1n) is 23.9. The van der Waals surface area contributed by atoms with Crippen LogP contribution in [-0.4, -0.2) is 0 Å². The predicted molar refractivity (Wildman–Crippen MR) is 291 cm³/mol. The van der Waals surface area contributed by atoms with Gasteiger partial charge < -0.3 is 4.90 Å². The van der Waals surface area contributed by atoms with Gasteiger partial charge in [0.1, 0.15) is 0 Å². The lowest BCUT2D eigenvalue weighted by atomic mass is 9.74. The third-order valence-electron chi connectivity index (χ3n) is 14.2. The molecule has 1 aliphatic rings. The van der Waals surface area contributed by atoms with Gasteiger partial charge in [-0.3, -0.25) is 0 Å². The molecule has 11 aromatic rings. The number of hydrogen-bond acceptors (Lipinski definition) is 1. The molecular weight excluding hydrogens is 831 g/mol. The van der Waals surface area contributed by atoms with Crippen LogP contribution in [0.15, 0.2) is 279 Å². The Bertz CT molecular complexity index is 3540. The van der Waals surface area contributed by atoms with Gasteiger partial charge in [-0.2, -0.15) is 0 Å². The summed E-state index contributed by atoms with van der Waals surface area (Å²) in [4.78, 5) is 2.47. The van der Waals surface area contributed by atoms with E-state index >= 15 is 0 Å². The van der Waals surface area contributed by atoms with Crippen LogP contribution in [0.1, 0.15) is 23.6 Å². The van der Waals surface area contributed by atoms with Gasteiger partial charge in [-0.1, -0.05) is 231 Å². The minimum Gasteiger partial charge on any atom is -0.310 e. The van der Waals surface area contributed by atoms with Crippen LogP contribution in [0.5, 0.6) is 0 Å². The molecule has 1 nitrogen and oxygen atoms in total. The van der Waals surface area contributed by atoms with Gasteiger partial charge in [-0.15, -0.1) is 0 Å². The molecule has 1 atom stereocenters. The average molecular weight is 880 g/mol. The largest absolute Gasteiger partial charge is 0.310 e. The Hall–Kier alpha value is -8.78. The zero-order chi connectivity index (χ0) is 46.2. The van der Waals surface area contributed by atoms with Crippen molar-refractivity contribution in [2.75, 3.05) is 4.90 Å². The van der Waals surface area contributed by atoms with Gasteiger partial charge in [-0.25, -0.2) is 0 Å². The molecule has 0 aromatic heterocycles. The van der Waals surface area contributed by atoms with Crippen LogP contribution in [0.2, 0.25) is 0 Å². The monoisotopic (exact) mass is 879 g/mol. The number of benzene rings is 11. The molecule has 0 N–H and O–H groups in total. The number of para-hydroxylation sites is 1. The number of hydrogen-bond donors (Lipinski definition) is 0. The Morgan fingerprint density at radius 2 is 0.638 bits per heavy atom. The second kappa shape index (κ2) is 17.8. The smallest absolute Gasteiger partial charge is 0.0540 e. The van der Waals surface area contributed by atoms with E-state index < -0.39 is 0 Å². The van der Waals surface area contributed by atoms with Crippen LogP contribution in [-0.2, 0) is 5.41 Å². The maximum absolute atomic E-state index is 2.47. The van der Waals surface area contributed by atoms with Crippen molar-refractivity contribution in [3.05, 3.63) is 296 Å². The summed E-state index contributed by atoms with van der Waals surface area (Å²) in [6.45, 7) is 2.39. The summed E-state index contributed by atoms with van der Waals surface area (Å²) >= 11 is 0. The highest BCUT2D eigenvalue weighted by atomic mass is 15.1. The van der Waals surface area contributed by atoms with Crippen molar-refractivity contribution in [3.63, 3.8) is 0 Å². The average Bonchev–Trinajstić information content (AvgIpc) is 3.69. The maximum atomic E-state index is 2.47. The molecule has 0 saturated carbocycles. The zero-order valence-corrected chi connectivity index (χ0v) is 38.5. The van der Waals surface area contributed by atoms with Gasteiger partial charge in [0.15, 0.2) is 0 Å². The van der Waals surface area contributed by atoms with Crippen LogP contribution < -0.4 is 4.90 Å². The Labute approximate surface area is 405 Å². The second-order valence-electron chi connectivity index (χ2n) is 18.2. The quantitative estimate of drug-likeness (QED) is 0.132. The molecule has 0 radical (unpaired) electrons. The molecule has 12 rings (SSSR count). The number of fused-ring (bicyclic) bond motifs is 3. The standard InChI is InChI=1S/C68H49N/c1-68(55-28-12-5-13-29-55)65-36-20-18-34-62(65)64-47-57(42-43-66(64)68)69(56-40-38-50(39-41-56)54-45-52(48-22-6-2-7-23-48)44-53(46-54)49-24-8-3-9-25-49)67-37-21-19-35-63(67)61-33-17-16-32-60(61)59-31-15-14-30-58(59)51-26-10-4-11-27-51/h2-47H,1H3. The van der Waals surface area contributed by atoms with Gasteiger partial charge in [0.05, 0.1) is 5.69 Å². The first kappa shape index (κ1) is 41.6. The van der Waals surface area contributed by atoms with Gasteiger partial charge in [0.2, 0.25) is 0 Å². The maximum Gasteiger partial charge on any atom is 0.0540 e. The third-order valence-corrected chi connectivity index (χ3v) is 14.2. The number of nitrogens with zero attached hydrogens (tertiary/aromatic N) is 1. The topological polar surface area (TPSA) is 3.24 Å². The van der Waals surface area contributed by atoms with Crippen LogP contribution >= 0.6 is 0 Å². The number of rotatable bonds is 10. The van der Waals surface area contributed by atoms with E-state index in [-0.39, 0.29) is 5.41 Å². The highest BCUT2D eigenvalue weighted by Crippen LogP contribution is 2.54. The van der Waals surface area contributed by atoms with Gasteiger partial charge in [0.25, 0.3) is 0 Å².